The highest BCUT2D eigenvalue weighted by molar-refractivity contribution is 7.90. The number of sulfone groups is 1. The number of benzene rings is 2. The van der Waals surface area contributed by atoms with Crippen molar-refractivity contribution in [2.24, 2.45) is 0 Å². The lowest BCUT2D eigenvalue weighted by atomic mass is 10.1. The molecule has 1 saturated heterocycles. The van der Waals surface area contributed by atoms with Crippen LogP contribution in [0.25, 0.3) is 0 Å². The molecular weight excluding hydrogens is 366 g/mol. The summed E-state index contributed by atoms with van der Waals surface area (Å²) in [4.78, 5) is 15.2. The van der Waals surface area contributed by atoms with E-state index < -0.39 is 14.8 Å². The summed E-state index contributed by atoms with van der Waals surface area (Å²) in [5, 5.41) is 11.5. The van der Waals surface area contributed by atoms with Crippen LogP contribution in [0.4, 0.5) is 11.4 Å². The average Bonchev–Trinajstić information content (AvgIpc) is 2.63. The lowest BCUT2D eigenvalue weighted by Crippen LogP contribution is -2.46. The third-order valence-electron chi connectivity index (χ3n) is 4.81. The van der Waals surface area contributed by atoms with Crippen molar-refractivity contribution >= 4 is 21.2 Å². The standard InChI is InChI=1S/C19H23N3O4S/c1-15-3-5-16(6-4-15)14-20-9-11-21(12-10-20)18-8-7-17(27(2,25)26)13-19(18)22(23)24/h3-8,13H,9-12,14H2,1-2H3. The van der Waals surface area contributed by atoms with Crippen molar-refractivity contribution in [2.45, 2.75) is 18.4 Å². The van der Waals surface area contributed by atoms with Crippen LogP contribution in [-0.2, 0) is 16.4 Å². The molecule has 144 valence electrons. The van der Waals surface area contributed by atoms with Crippen LogP contribution in [0.5, 0.6) is 0 Å². The summed E-state index contributed by atoms with van der Waals surface area (Å²) in [7, 11) is -3.48. The Morgan fingerprint density at radius 2 is 1.67 bits per heavy atom. The van der Waals surface area contributed by atoms with Gasteiger partial charge in [-0.05, 0) is 24.6 Å². The zero-order valence-corrected chi connectivity index (χ0v) is 16.3. The van der Waals surface area contributed by atoms with Crippen molar-refractivity contribution in [3.8, 4) is 0 Å². The average molecular weight is 389 g/mol. The molecule has 7 nitrogen and oxygen atoms in total. The highest BCUT2D eigenvalue weighted by Crippen LogP contribution is 2.31. The van der Waals surface area contributed by atoms with Gasteiger partial charge >= 0.3 is 0 Å². The van der Waals surface area contributed by atoms with Crippen LogP contribution >= 0.6 is 0 Å². The lowest BCUT2D eigenvalue weighted by Gasteiger charge is -2.35. The summed E-state index contributed by atoms with van der Waals surface area (Å²) in [6.45, 7) is 5.81. The fourth-order valence-corrected chi connectivity index (χ4v) is 3.89. The van der Waals surface area contributed by atoms with Crippen molar-refractivity contribution in [3.63, 3.8) is 0 Å². The van der Waals surface area contributed by atoms with E-state index in [0.717, 1.165) is 32.0 Å². The van der Waals surface area contributed by atoms with Gasteiger partial charge in [-0.2, -0.15) is 0 Å². The van der Waals surface area contributed by atoms with E-state index >= 15 is 0 Å². The second-order valence-corrected chi connectivity index (χ2v) is 8.94. The molecule has 1 heterocycles. The molecule has 0 amide bonds. The van der Waals surface area contributed by atoms with E-state index in [0.29, 0.717) is 18.8 Å². The van der Waals surface area contributed by atoms with Gasteiger partial charge in [0.1, 0.15) is 5.69 Å². The van der Waals surface area contributed by atoms with E-state index in [1.54, 1.807) is 6.07 Å². The fraction of sp³-hybridized carbons (Fsp3) is 0.368. The highest BCUT2D eigenvalue weighted by atomic mass is 32.2. The molecule has 0 aliphatic carbocycles. The van der Waals surface area contributed by atoms with Crippen molar-refractivity contribution in [1.82, 2.24) is 4.90 Å². The molecule has 0 saturated carbocycles. The highest BCUT2D eigenvalue weighted by Gasteiger charge is 2.25. The van der Waals surface area contributed by atoms with Gasteiger partial charge in [-0.15, -0.1) is 0 Å². The number of hydrogen-bond donors (Lipinski definition) is 0. The molecule has 2 aromatic rings. The van der Waals surface area contributed by atoms with E-state index in [1.807, 2.05) is 4.90 Å². The number of anilines is 1. The Kier molecular flexibility index (Phi) is 5.48. The minimum atomic E-state index is -3.48. The SMILES string of the molecule is Cc1ccc(CN2CCN(c3ccc(S(C)(=O)=O)cc3[N+](=O)[O-])CC2)cc1. The van der Waals surface area contributed by atoms with Crippen LogP contribution in [0.2, 0.25) is 0 Å². The molecule has 0 unspecified atom stereocenters. The third-order valence-corrected chi connectivity index (χ3v) is 5.92. The molecule has 0 N–H and O–H groups in total. The number of nitrogens with zero attached hydrogens (tertiary/aromatic N) is 3. The summed E-state index contributed by atoms with van der Waals surface area (Å²) in [6, 6.07) is 12.6. The Morgan fingerprint density at radius 3 is 2.22 bits per heavy atom. The Morgan fingerprint density at radius 1 is 1.04 bits per heavy atom. The number of hydrogen-bond acceptors (Lipinski definition) is 6. The second kappa shape index (κ2) is 7.66. The van der Waals surface area contributed by atoms with E-state index in [1.165, 1.54) is 17.2 Å². The largest absolute Gasteiger partial charge is 0.363 e. The van der Waals surface area contributed by atoms with Gasteiger partial charge in [0.25, 0.3) is 5.69 Å². The lowest BCUT2D eigenvalue weighted by molar-refractivity contribution is -0.384. The molecule has 0 radical (unpaired) electrons. The van der Waals surface area contributed by atoms with Crippen LogP contribution in [0.3, 0.4) is 0 Å². The number of piperazine rings is 1. The Balaban J connectivity index is 1.72. The summed E-state index contributed by atoms with van der Waals surface area (Å²) >= 11 is 0. The Bertz CT molecular complexity index is 934. The minimum absolute atomic E-state index is 0.0315. The van der Waals surface area contributed by atoms with Gasteiger partial charge in [0, 0.05) is 45.0 Å². The van der Waals surface area contributed by atoms with Crippen molar-refractivity contribution in [2.75, 3.05) is 37.3 Å². The monoisotopic (exact) mass is 389 g/mol. The Hall–Kier alpha value is -2.45. The molecule has 8 heteroatoms. The van der Waals surface area contributed by atoms with Gasteiger partial charge in [0.2, 0.25) is 0 Å². The summed E-state index contributed by atoms with van der Waals surface area (Å²) < 4.78 is 23.4. The predicted molar refractivity (Wildman–Crippen MR) is 105 cm³/mol. The van der Waals surface area contributed by atoms with E-state index in [2.05, 4.69) is 36.1 Å². The first-order valence-electron chi connectivity index (χ1n) is 8.75. The fourth-order valence-electron chi connectivity index (χ4n) is 3.25. The van der Waals surface area contributed by atoms with Gasteiger partial charge in [-0.25, -0.2) is 8.42 Å². The first-order valence-corrected chi connectivity index (χ1v) is 10.6. The molecule has 1 aliphatic heterocycles. The quantitative estimate of drug-likeness (QED) is 0.577. The molecule has 2 aromatic carbocycles. The topological polar surface area (TPSA) is 83.8 Å². The first-order chi connectivity index (χ1) is 12.7. The minimum Gasteiger partial charge on any atom is -0.363 e. The van der Waals surface area contributed by atoms with Crippen molar-refractivity contribution in [1.29, 1.82) is 0 Å². The van der Waals surface area contributed by atoms with Crippen LogP contribution in [-0.4, -0.2) is 50.7 Å². The van der Waals surface area contributed by atoms with Crippen molar-refractivity contribution < 1.29 is 13.3 Å². The molecule has 1 aliphatic rings. The van der Waals surface area contributed by atoms with E-state index in [9.17, 15) is 18.5 Å². The number of rotatable bonds is 5. The van der Waals surface area contributed by atoms with E-state index in [-0.39, 0.29) is 10.6 Å². The molecular formula is C19H23N3O4S. The zero-order valence-electron chi connectivity index (χ0n) is 15.5. The van der Waals surface area contributed by atoms with Gasteiger partial charge in [0.05, 0.1) is 9.82 Å². The van der Waals surface area contributed by atoms with Crippen LogP contribution < -0.4 is 4.90 Å². The number of nitro groups is 1. The first kappa shape index (κ1) is 19.3. The van der Waals surface area contributed by atoms with Crippen molar-refractivity contribution in [3.05, 3.63) is 63.7 Å². The molecule has 27 heavy (non-hydrogen) atoms. The maximum Gasteiger partial charge on any atom is 0.293 e. The van der Waals surface area contributed by atoms with Crippen LogP contribution in [0.15, 0.2) is 47.4 Å². The van der Waals surface area contributed by atoms with Gasteiger partial charge in [0.15, 0.2) is 9.84 Å². The second-order valence-electron chi connectivity index (χ2n) is 6.93. The smallest absolute Gasteiger partial charge is 0.293 e. The number of nitro benzene ring substituents is 1. The zero-order chi connectivity index (χ0) is 19.6. The van der Waals surface area contributed by atoms with E-state index in [4.69, 9.17) is 0 Å². The summed E-state index contributed by atoms with van der Waals surface area (Å²) in [5.41, 5.74) is 2.79. The Labute approximate surface area is 159 Å². The molecule has 0 bridgehead atoms. The normalized spacial score (nSPS) is 15.7. The van der Waals surface area contributed by atoms with Gasteiger partial charge < -0.3 is 4.90 Å². The molecule has 0 atom stereocenters. The summed E-state index contributed by atoms with van der Waals surface area (Å²) in [6.07, 6.45) is 1.05. The molecule has 0 aromatic heterocycles. The maximum atomic E-state index is 11.7. The van der Waals surface area contributed by atoms with Gasteiger partial charge in [-0.1, -0.05) is 29.8 Å². The molecule has 1 fully saturated rings. The van der Waals surface area contributed by atoms with Gasteiger partial charge in [-0.3, -0.25) is 15.0 Å². The summed E-state index contributed by atoms with van der Waals surface area (Å²) in [5.74, 6) is 0. The number of aryl methyl sites for hydroxylation is 1. The molecule has 3 rings (SSSR count). The molecule has 0 spiro atoms. The van der Waals surface area contributed by atoms with Crippen LogP contribution in [0.1, 0.15) is 11.1 Å². The van der Waals surface area contributed by atoms with Crippen LogP contribution in [0, 0.1) is 17.0 Å². The predicted octanol–water partition coefficient (Wildman–Crippen LogP) is 2.63. The third kappa shape index (κ3) is 4.64. The maximum absolute atomic E-state index is 11.7.